The summed E-state index contributed by atoms with van der Waals surface area (Å²) in [6.07, 6.45) is 1.87. The summed E-state index contributed by atoms with van der Waals surface area (Å²) in [5, 5.41) is 7.98. The van der Waals surface area contributed by atoms with Gasteiger partial charge in [0, 0.05) is 5.75 Å². The second-order valence-corrected chi connectivity index (χ2v) is 2.07. The molecule has 3 heteroatoms. The first-order chi connectivity index (χ1) is 3.91. The van der Waals surface area contributed by atoms with Crippen LogP contribution in [0.3, 0.4) is 0 Å². The van der Waals surface area contributed by atoms with E-state index in [-0.39, 0.29) is 0 Å². The van der Waals surface area contributed by atoms with Gasteiger partial charge in [-0.2, -0.15) is 5.26 Å². The Bertz CT molecular complexity index is 105. The van der Waals surface area contributed by atoms with Gasteiger partial charge in [-0.25, -0.2) is 4.39 Å². The second kappa shape index (κ2) is 6.51. The van der Waals surface area contributed by atoms with E-state index in [1.54, 1.807) is 0 Å². The Hall–Kier alpha value is -0.490. The Kier molecular flexibility index (Phi) is 6.11. The number of rotatable bonds is 3. The molecule has 0 saturated carbocycles. The van der Waals surface area contributed by atoms with Crippen molar-refractivity contribution in [3.63, 3.8) is 0 Å². The normalized spacial score (nSPS) is 9.50. The van der Waals surface area contributed by atoms with Crippen molar-refractivity contribution < 1.29 is 4.39 Å². The maximum Gasteiger partial charge on any atom is 0.0835 e. The summed E-state index contributed by atoms with van der Waals surface area (Å²) in [6.45, 7) is 0. The van der Waals surface area contributed by atoms with Gasteiger partial charge in [0.1, 0.15) is 0 Å². The molecule has 8 heavy (non-hydrogen) atoms. The summed E-state index contributed by atoms with van der Waals surface area (Å²) >= 11 is 1.39. The van der Waals surface area contributed by atoms with E-state index in [4.69, 9.17) is 5.26 Å². The van der Waals surface area contributed by atoms with Gasteiger partial charge in [-0.05, 0) is 6.08 Å². The topological polar surface area (TPSA) is 23.8 Å². The molecule has 0 rings (SSSR count). The minimum absolute atomic E-state index is 0.435. The van der Waals surface area contributed by atoms with E-state index in [0.717, 1.165) is 0 Å². The molecule has 0 aromatic heterocycles. The van der Waals surface area contributed by atoms with E-state index in [1.165, 1.54) is 17.8 Å². The van der Waals surface area contributed by atoms with Gasteiger partial charge in [-0.3, -0.25) is 0 Å². The quantitative estimate of drug-likeness (QED) is 0.544. The van der Waals surface area contributed by atoms with E-state index in [9.17, 15) is 4.39 Å². The van der Waals surface area contributed by atoms with E-state index < -0.39 is 0 Å². The first kappa shape index (κ1) is 7.51. The molecule has 0 heterocycles. The zero-order valence-electron chi connectivity index (χ0n) is 4.30. The van der Waals surface area contributed by atoms with Gasteiger partial charge in [-0.15, -0.1) is 11.8 Å². The molecule has 0 unspecified atom stereocenters. The van der Waals surface area contributed by atoms with E-state index in [1.807, 2.05) is 6.07 Å². The number of hydrogen-bond acceptors (Lipinski definition) is 2. The highest BCUT2D eigenvalue weighted by Crippen LogP contribution is 1.97. The highest BCUT2D eigenvalue weighted by molar-refractivity contribution is 7.99. The highest BCUT2D eigenvalue weighted by Gasteiger charge is 1.78. The Morgan fingerprint density at radius 3 is 3.00 bits per heavy atom. The molecule has 0 atom stereocenters. The summed E-state index contributed by atoms with van der Waals surface area (Å²) < 4.78 is 11.1. The van der Waals surface area contributed by atoms with Crippen LogP contribution in [0.1, 0.15) is 0 Å². The third-order valence-corrected chi connectivity index (χ3v) is 1.23. The predicted molar refractivity (Wildman–Crippen MR) is 33.2 cm³/mol. The van der Waals surface area contributed by atoms with Crippen LogP contribution >= 0.6 is 11.8 Å². The lowest BCUT2D eigenvalue weighted by Crippen LogP contribution is -1.71. The summed E-state index contributed by atoms with van der Waals surface area (Å²) in [5.41, 5.74) is 0. The molecule has 0 aromatic carbocycles. The van der Waals surface area contributed by atoms with Crippen LogP contribution < -0.4 is 0 Å². The maximum atomic E-state index is 11.1. The molecule has 0 bridgehead atoms. The third-order valence-electron chi connectivity index (χ3n) is 0.470. The summed E-state index contributed by atoms with van der Waals surface area (Å²) in [6, 6.07) is 1.93. The maximum absolute atomic E-state index is 11.1. The lowest BCUT2D eigenvalue weighted by molar-refractivity contribution is 0.719. The molecular formula is C5H6FNS. The van der Waals surface area contributed by atoms with Gasteiger partial charge >= 0.3 is 0 Å². The molecular weight excluding hydrogens is 125 g/mol. The van der Waals surface area contributed by atoms with Gasteiger partial charge in [0.25, 0.3) is 0 Å². The van der Waals surface area contributed by atoms with Crippen molar-refractivity contribution in [1.29, 1.82) is 5.26 Å². The third kappa shape index (κ3) is 5.51. The van der Waals surface area contributed by atoms with Crippen LogP contribution in [-0.2, 0) is 0 Å². The predicted octanol–water partition coefficient (Wildman–Crippen LogP) is 1.73. The molecule has 0 amide bonds. The molecule has 0 aliphatic rings. The SMILES string of the molecule is N#CCSCC=CF. The van der Waals surface area contributed by atoms with Gasteiger partial charge in [0.05, 0.1) is 18.2 Å². The van der Waals surface area contributed by atoms with Crippen LogP contribution in [-0.4, -0.2) is 11.5 Å². The molecule has 0 N–H and O–H groups in total. The Morgan fingerprint density at radius 2 is 2.50 bits per heavy atom. The van der Waals surface area contributed by atoms with Crippen LogP contribution in [0.15, 0.2) is 12.4 Å². The standard InChI is InChI=1S/C5H6FNS/c6-2-1-4-8-5-3-7/h1-2H,4-5H2. The molecule has 44 valence electrons. The Morgan fingerprint density at radius 1 is 1.75 bits per heavy atom. The molecule has 0 aliphatic heterocycles. The Labute approximate surface area is 52.2 Å². The molecule has 0 saturated heterocycles. The molecule has 0 spiro atoms. The largest absolute Gasteiger partial charge is 0.216 e. The summed E-state index contributed by atoms with van der Waals surface area (Å²) in [4.78, 5) is 0. The van der Waals surface area contributed by atoms with Crippen molar-refractivity contribution in [1.82, 2.24) is 0 Å². The van der Waals surface area contributed by atoms with Crippen LogP contribution in [0, 0.1) is 11.3 Å². The van der Waals surface area contributed by atoms with E-state index >= 15 is 0 Å². The van der Waals surface area contributed by atoms with Gasteiger partial charge in [-0.1, -0.05) is 0 Å². The Balaban J connectivity index is 2.85. The lowest BCUT2D eigenvalue weighted by atomic mass is 10.7. The zero-order valence-corrected chi connectivity index (χ0v) is 5.12. The molecule has 0 fully saturated rings. The summed E-state index contributed by atoms with van der Waals surface area (Å²) in [7, 11) is 0. The minimum atomic E-state index is 0.435. The summed E-state index contributed by atoms with van der Waals surface area (Å²) in [5.74, 6) is 1.02. The van der Waals surface area contributed by atoms with Gasteiger partial charge < -0.3 is 0 Å². The van der Waals surface area contributed by atoms with Crippen molar-refractivity contribution in [2.75, 3.05) is 11.5 Å². The first-order valence-corrected chi connectivity index (χ1v) is 3.27. The lowest BCUT2D eigenvalue weighted by Gasteiger charge is -1.81. The highest BCUT2D eigenvalue weighted by atomic mass is 32.2. The minimum Gasteiger partial charge on any atom is -0.216 e. The van der Waals surface area contributed by atoms with Crippen molar-refractivity contribution in [2.45, 2.75) is 0 Å². The average molecular weight is 131 g/mol. The van der Waals surface area contributed by atoms with Crippen molar-refractivity contribution >= 4 is 11.8 Å². The van der Waals surface area contributed by atoms with E-state index in [2.05, 4.69) is 0 Å². The second-order valence-electron chi connectivity index (χ2n) is 1.03. The number of halogens is 1. The number of hydrogen-bond donors (Lipinski definition) is 0. The van der Waals surface area contributed by atoms with Crippen LogP contribution in [0.4, 0.5) is 4.39 Å². The fraction of sp³-hybridized carbons (Fsp3) is 0.400. The monoisotopic (exact) mass is 131 g/mol. The fourth-order valence-corrected chi connectivity index (χ4v) is 0.627. The van der Waals surface area contributed by atoms with Gasteiger partial charge in [0.2, 0.25) is 0 Å². The molecule has 1 nitrogen and oxygen atoms in total. The number of nitriles is 1. The van der Waals surface area contributed by atoms with Crippen molar-refractivity contribution in [2.24, 2.45) is 0 Å². The van der Waals surface area contributed by atoms with Crippen LogP contribution in [0.25, 0.3) is 0 Å². The smallest absolute Gasteiger partial charge is 0.0835 e. The zero-order chi connectivity index (χ0) is 6.24. The van der Waals surface area contributed by atoms with Crippen LogP contribution in [0.2, 0.25) is 0 Å². The first-order valence-electron chi connectivity index (χ1n) is 2.11. The van der Waals surface area contributed by atoms with E-state index in [0.29, 0.717) is 17.8 Å². The fourth-order valence-electron chi connectivity index (χ4n) is 0.209. The molecule has 0 aliphatic carbocycles. The number of thioether (sulfide) groups is 1. The molecule has 0 radical (unpaired) electrons. The van der Waals surface area contributed by atoms with Gasteiger partial charge in [0.15, 0.2) is 0 Å². The van der Waals surface area contributed by atoms with Crippen LogP contribution in [0.5, 0.6) is 0 Å². The van der Waals surface area contributed by atoms with Crippen molar-refractivity contribution in [3.05, 3.63) is 12.4 Å². The van der Waals surface area contributed by atoms with Crippen molar-refractivity contribution in [3.8, 4) is 6.07 Å². The average Bonchev–Trinajstić information content (AvgIpc) is 1.81. The molecule has 0 aromatic rings. The number of nitrogens with zero attached hydrogens (tertiary/aromatic N) is 1.